The van der Waals surface area contributed by atoms with E-state index in [0.717, 1.165) is 6.42 Å². The van der Waals surface area contributed by atoms with Gasteiger partial charge in [0, 0.05) is 78.6 Å². The van der Waals surface area contributed by atoms with Gasteiger partial charge in [-0.15, -0.1) is 0 Å². The third-order valence-electron chi connectivity index (χ3n) is 1.69. The van der Waals surface area contributed by atoms with Crippen molar-refractivity contribution >= 4 is 0 Å². The number of hydrogen-bond acceptors (Lipinski definition) is 3. The molecule has 2 unspecified atom stereocenters. The molecule has 0 N–H and O–H groups in total. The monoisotopic (exact) mass is 352 g/mol. The molecule has 0 aromatic rings. The summed E-state index contributed by atoms with van der Waals surface area (Å²) in [5.41, 5.74) is 0. The van der Waals surface area contributed by atoms with Crippen molar-refractivity contribution in [3.8, 4) is 0 Å². The van der Waals surface area contributed by atoms with Crippen molar-refractivity contribution < 1.29 is 79.6 Å². The van der Waals surface area contributed by atoms with E-state index in [0.29, 0.717) is 13.2 Å². The standard InChI is InChI=1S/C9H18O3.2Y/c1-5-8(11-4)9(7-10-3)12-6-2;;/h8-9H,3-7H2,1-2H3;;/q-2;;. The Labute approximate surface area is 138 Å². The number of ether oxygens (including phenoxy) is 3. The van der Waals surface area contributed by atoms with Crippen LogP contribution in [-0.2, 0) is 79.6 Å². The van der Waals surface area contributed by atoms with Gasteiger partial charge in [-0.25, -0.2) is 14.2 Å². The zero-order chi connectivity index (χ0) is 9.40. The number of hydrogen-bond donors (Lipinski definition) is 0. The molecule has 3 nitrogen and oxygen atoms in total. The molecule has 0 saturated heterocycles. The van der Waals surface area contributed by atoms with Gasteiger partial charge in [0.2, 0.25) is 0 Å². The molecule has 0 aliphatic heterocycles. The van der Waals surface area contributed by atoms with Crippen LogP contribution in [0.1, 0.15) is 20.3 Å². The first-order valence-electron chi connectivity index (χ1n) is 4.19. The molecule has 2 atom stereocenters. The van der Waals surface area contributed by atoms with Gasteiger partial charge in [-0.05, 0) is 13.3 Å². The second-order valence-electron chi connectivity index (χ2n) is 2.48. The van der Waals surface area contributed by atoms with E-state index in [1.54, 1.807) is 0 Å². The molecule has 14 heavy (non-hydrogen) atoms. The van der Waals surface area contributed by atoms with Crippen molar-refractivity contribution in [2.45, 2.75) is 32.5 Å². The zero-order valence-corrected chi connectivity index (χ0v) is 14.7. The predicted octanol–water partition coefficient (Wildman–Crippen LogP) is 1.78. The van der Waals surface area contributed by atoms with Crippen LogP contribution in [0.2, 0.25) is 0 Å². The molecule has 0 aromatic carbocycles. The van der Waals surface area contributed by atoms with E-state index in [4.69, 9.17) is 14.2 Å². The molecule has 0 aliphatic carbocycles. The Kier molecular flexibility index (Phi) is 23.0. The van der Waals surface area contributed by atoms with Crippen LogP contribution in [0.3, 0.4) is 0 Å². The first-order chi connectivity index (χ1) is 5.79. The van der Waals surface area contributed by atoms with E-state index < -0.39 is 0 Å². The Balaban J connectivity index is -0.000000605. The van der Waals surface area contributed by atoms with Gasteiger partial charge in [-0.2, -0.15) is 0 Å². The SMILES string of the molecule is [CH2-]OCC(OCC)C(CC)O[CH2-].[Y].[Y]. The van der Waals surface area contributed by atoms with Gasteiger partial charge in [0.15, 0.2) is 0 Å². The van der Waals surface area contributed by atoms with Crippen LogP contribution < -0.4 is 0 Å². The zero-order valence-electron chi connectivity index (χ0n) is 9.07. The third kappa shape index (κ3) is 9.32. The largest absolute Gasteiger partial charge is 0.553 e. The topological polar surface area (TPSA) is 27.7 Å². The minimum atomic E-state index is -0.0602. The summed E-state index contributed by atoms with van der Waals surface area (Å²) in [6.45, 7) is 5.05. The summed E-state index contributed by atoms with van der Waals surface area (Å²) < 4.78 is 15.1. The second kappa shape index (κ2) is 15.1. The molecule has 5 heteroatoms. The predicted molar refractivity (Wildman–Crippen MR) is 47.2 cm³/mol. The van der Waals surface area contributed by atoms with Gasteiger partial charge in [0.25, 0.3) is 0 Å². The van der Waals surface area contributed by atoms with Crippen LogP contribution in [0.4, 0.5) is 0 Å². The average molecular weight is 352 g/mol. The van der Waals surface area contributed by atoms with Crippen molar-refractivity contribution in [2.75, 3.05) is 13.2 Å². The van der Waals surface area contributed by atoms with Crippen LogP contribution in [0.25, 0.3) is 0 Å². The smallest absolute Gasteiger partial charge is 0.101 e. The summed E-state index contributed by atoms with van der Waals surface area (Å²) in [6, 6.07) is 0. The quantitative estimate of drug-likeness (QED) is 0.654. The van der Waals surface area contributed by atoms with E-state index in [1.807, 2.05) is 13.8 Å². The molecule has 2 radical (unpaired) electrons. The molecule has 80 valence electrons. The molecule has 0 heterocycles. The minimum Gasteiger partial charge on any atom is -0.553 e. The van der Waals surface area contributed by atoms with Crippen molar-refractivity contribution in [3.05, 3.63) is 14.2 Å². The maximum absolute atomic E-state index is 5.40. The molecule has 0 aliphatic rings. The Bertz CT molecular complexity index is 94.1. The minimum absolute atomic E-state index is 0. The molecule has 0 spiro atoms. The van der Waals surface area contributed by atoms with Crippen molar-refractivity contribution in [1.29, 1.82) is 0 Å². The van der Waals surface area contributed by atoms with Gasteiger partial charge in [0.05, 0.1) is 6.10 Å². The Hall–Kier alpha value is 2.09. The summed E-state index contributed by atoms with van der Waals surface area (Å²) in [6.07, 6.45) is 0.791. The third-order valence-corrected chi connectivity index (χ3v) is 1.69. The first-order valence-corrected chi connectivity index (χ1v) is 4.19. The van der Waals surface area contributed by atoms with E-state index in [2.05, 4.69) is 14.2 Å². The van der Waals surface area contributed by atoms with Gasteiger partial charge >= 0.3 is 0 Å². The van der Waals surface area contributed by atoms with E-state index in [-0.39, 0.29) is 77.6 Å². The average Bonchev–Trinajstić information content (AvgIpc) is 2.07. The van der Waals surface area contributed by atoms with E-state index >= 15 is 0 Å². The van der Waals surface area contributed by atoms with Crippen LogP contribution in [0.5, 0.6) is 0 Å². The molecular weight excluding hydrogens is 334 g/mol. The fourth-order valence-corrected chi connectivity index (χ4v) is 1.08. The van der Waals surface area contributed by atoms with Crippen LogP contribution in [-0.4, -0.2) is 25.4 Å². The van der Waals surface area contributed by atoms with Gasteiger partial charge in [-0.1, -0.05) is 6.92 Å². The van der Waals surface area contributed by atoms with Gasteiger partial charge < -0.3 is 14.2 Å². The molecule has 0 rings (SSSR count). The number of rotatable bonds is 7. The molecule has 0 amide bonds. The van der Waals surface area contributed by atoms with Gasteiger partial charge in [-0.3, -0.25) is 0 Å². The Morgan fingerprint density at radius 2 is 1.64 bits per heavy atom. The van der Waals surface area contributed by atoms with Crippen LogP contribution in [0, 0.1) is 14.2 Å². The molecule has 0 aromatic heterocycles. The maximum Gasteiger partial charge on any atom is 0.101 e. The Morgan fingerprint density at radius 1 is 1.07 bits per heavy atom. The summed E-state index contributed by atoms with van der Waals surface area (Å²) in [7, 11) is 6.69. The van der Waals surface area contributed by atoms with Gasteiger partial charge in [0.1, 0.15) is 6.10 Å². The van der Waals surface area contributed by atoms with Crippen molar-refractivity contribution in [2.24, 2.45) is 0 Å². The summed E-state index contributed by atoms with van der Waals surface area (Å²) in [5.74, 6) is 0. The molecule has 0 saturated carbocycles. The normalized spacial score (nSPS) is 13.7. The van der Waals surface area contributed by atoms with Crippen molar-refractivity contribution in [1.82, 2.24) is 0 Å². The molecular formula is C9H18O3Y2-2. The summed E-state index contributed by atoms with van der Waals surface area (Å²) in [5, 5.41) is 0. The fourth-order valence-electron chi connectivity index (χ4n) is 1.08. The molecule has 0 fully saturated rings. The maximum atomic E-state index is 5.40. The summed E-state index contributed by atoms with van der Waals surface area (Å²) in [4.78, 5) is 0. The van der Waals surface area contributed by atoms with Crippen molar-refractivity contribution in [3.63, 3.8) is 0 Å². The summed E-state index contributed by atoms with van der Waals surface area (Å²) >= 11 is 0. The fraction of sp³-hybridized carbons (Fsp3) is 0.778. The van der Waals surface area contributed by atoms with E-state index in [9.17, 15) is 0 Å². The first kappa shape index (κ1) is 21.4. The molecule has 0 bridgehead atoms. The van der Waals surface area contributed by atoms with Crippen LogP contribution in [0.15, 0.2) is 0 Å². The van der Waals surface area contributed by atoms with Crippen LogP contribution >= 0.6 is 0 Å². The Morgan fingerprint density at radius 3 is 1.93 bits per heavy atom. The van der Waals surface area contributed by atoms with E-state index in [1.165, 1.54) is 0 Å². The second-order valence-corrected chi connectivity index (χ2v) is 2.48.